The summed E-state index contributed by atoms with van der Waals surface area (Å²) in [4.78, 5) is 2.08. The van der Waals surface area contributed by atoms with E-state index >= 15 is 0 Å². The highest BCUT2D eigenvalue weighted by molar-refractivity contribution is 7.86. The molecule has 2 aromatic carbocycles. The van der Waals surface area contributed by atoms with Gasteiger partial charge >= 0.3 is 0 Å². The molecular weight excluding hydrogens is 592 g/mol. The van der Waals surface area contributed by atoms with Crippen LogP contribution in [0.2, 0.25) is 0 Å². The van der Waals surface area contributed by atoms with Crippen molar-refractivity contribution >= 4 is 37.3 Å². The molecule has 0 atom stereocenters. The number of hydrogen-bond donors (Lipinski definition) is 2. The Balaban J connectivity index is 1.76. The number of fused-ring (bicyclic) bond motifs is 2. The molecule has 234 valence electrons. The standard InChI is InChI=1S/C31H40N2O8S2/c1-30(2)24-20-22(40-5)12-14-26(24)32(16-8-18-42(34,35)36)28(30)10-7-11-29-31(3,4)25-21-23(41-6)13-15-27(25)33(29)17-9-19-43(37,38)39/h7,10-15,20-21H,8-9,16-19H2,1-6H3,(H-,34,35,36,37,38,39)/p+1. The lowest BCUT2D eigenvalue weighted by Crippen LogP contribution is -2.29. The molecule has 2 aliphatic rings. The van der Waals surface area contributed by atoms with E-state index in [1.165, 1.54) is 0 Å². The van der Waals surface area contributed by atoms with Crippen LogP contribution < -0.4 is 14.4 Å². The Hall–Kier alpha value is -3.19. The molecule has 43 heavy (non-hydrogen) atoms. The molecule has 0 aliphatic carbocycles. The van der Waals surface area contributed by atoms with Crippen LogP contribution in [-0.2, 0) is 31.1 Å². The lowest BCUT2D eigenvalue weighted by Gasteiger charge is -2.27. The quantitative estimate of drug-likeness (QED) is 0.248. The first-order valence-electron chi connectivity index (χ1n) is 14.1. The maximum absolute atomic E-state index is 11.4. The van der Waals surface area contributed by atoms with E-state index in [4.69, 9.17) is 9.47 Å². The fourth-order valence-electron chi connectivity index (χ4n) is 6.09. The molecule has 2 aliphatic heterocycles. The normalized spacial score (nSPS) is 18.4. The van der Waals surface area contributed by atoms with Crippen molar-refractivity contribution in [2.75, 3.05) is 43.7 Å². The molecule has 0 amide bonds. The van der Waals surface area contributed by atoms with Crippen molar-refractivity contribution < 1.29 is 40.0 Å². The smallest absolute Gasteiger partial charge is 0.265 e. The second-order valence-electron chi connectivity index (χ2n) is 11.9. The first kappa shape index (κ1) is 32.7. The SMILES string of the molecule is COc1ccc2c(c1)C(C)(C)C(/C=C/C=C1/N(CCCS(=O)(=O)O)c3ccc(OC)cc3C1(C)C)=[N+]2CCCS(=O)(=O)O. The number of benzene rings is 2. The largest absolute Gasteiger partial charge is 0.497 e. The van der Waals surface area contributed by atoms with Crippen molar-refractivity contribution in [3.63, 3.8) is 0 Å². The van der Waals surface area contributed by atoms with Gasteiger partial charge in [0.1, 0.15) is 18.0 Å². The average Bonchev–Trinajstić information content (AvgIpc) is 3.25. The second-order valence-corrected chi connectivity index (χ2v) is 15.0. The Morgan fingerprint density at radius 3 is 2.02 bits per heavy atom. The molecule has 2 N–H and O–H groups in total. The number of anilines is 1. The molecule has 2 aromatic rings. The highest BCUT2D eigenvalue weighted by Crippen LogP contribution is 2.49. The molecule has 0 radical (unpaired) electrons. The summed E-state index contributed by atoms with van der Waals surface area (Å²) in [6, 6.07) is 11.6. The Labute approximate surface area is 254 Å². The summed E-state index contributed by atoms with van der Waals surface area (Å²) in [6.45, 7) is 9.18. The van der Waals surface area contributed by atoms with Gasteiger partial charge in [0.05, 0.1) is 31.1 Å². The molecule has 12 heteroatoms. The van der Waals surface area contributed by atoms with E-state index in [2.05, 4.69) is 37.2 Å². The van der Waals surface area contributed by atoms with E-state index < -0.39 is 31.1 Å². The van der Waals surface area contributed by atoms with Crippen molar-refractivity contribution in [1.82, 2.24) is 0 Å². The van der Waals surface area contributed by atoms with Gasteiger partial charge in [0.15, 0.2) is 5.71 Å². The summed E-state index contributed by atoms with van der Waals surface area (Å²) in [5, 5.41) is 0. The van der Waals surface area contributed by atoms with Crippen molar-refractivity contribution in [2.24, 2.45) is 0 Å². The predicted octanol–water partition coefficient (Wildman–Crippen LogP) is 4.87. The third kappa shape index (κ3) is 6.98. The molecule has 0 saturated heterocycles. The first-order valence-corrected chi connectivity index (χ1v) is 17.3. The van der Waals surface area contributed by atoms with Crippen LogP contribution in [-0.4, -0.2) is 75.0 Å². The summed E-state index contributed by atoms with van der Waals surface area (Å²) in [6.07, 6.45) is 6.48. The van der Waals surface area contributed by atoms with Gasteiger partial charge in [-0.05, 0) is 62.2 Å². The van der Waals surface area contributed by atoms with Gasteiger partial charge < -0.3 is 14.4 Å². The number of allylic oxidation sites excluding steroid dienone is 4. The van der Waals surface area contributed by atoms with E-state index in [1.54, 1.807) is 14.2 Å². The minimum Gasteiger partial charge on any atom is -0.497 e. The van der Waals surface area contributed by atoms with E-state index in [0.29, 0.717) is 13.1 Å². The minimum absolute atomic E-state index is 0.241. The summed E-state index contributed by atoms with van der Waals surface area (Å²) >= 11 is 0. The molecule has 2 heterocycles. The Kier molecular flexibility index (Phi) is 9.18. The van der Waals surface area contributed by atoms with Crippen LogP contribution in [0.4, 0.5) is 11.4 Å². The van der Waals surface area contributed by atoms with E-state index in [-0.39, 0.29) is 24.3 Å². The molecule has 4 rings (SSSR count). The number of nitrogens with zero attached hydrogens (tertiary/aromatic N) is 2. The van der Waals surface area contributed by atoms with Gasteiger partial charge in [0.25, 0.3) is 20.2 Å². The topological polar surface area (TPSA) is 133 Å². The number of ether oxygens (including phenoxy) is 2. The number of rotatable bonds is 12. The van der Waals surface area contributed by atoms with E-state index in [0.717, 1.165) is 45.4 Å². The maximum Gasteiger partial charge on any atom is 0.265 e. The van der Waals surface area contributed by atoms with Crippen LogP contribution in [0.25, 0.3) is 0 Å². The Bertz CT molecular complexity index is 1700. The minimum atomic E-state index is -4.10. The highest BCUT2D eigenvalue weighted by atomic mass is 32.2. The van der Waals surface area contributed by atoms with Crippen molar-refractivity contribution in [1.29, 1.82) is 0 Å². The van der Waals surface area contributed by atoms with Crippen molar-refractivity contribution in [2.45, 2.75) is 51.4 Å². The van der Waals surface area contributed by atoms with Gasteiger partial charge in [-0.25, -0.2) is 0 Å². The molecule has 0 unspecified atom stereocenters. The van der Waals surface area contributed by atoms with Crippen LogP contribution in [0.5, 0.6) is 11.5 Å². The highest BCUT2D eigenvalue weighted by Gasteiger charge is 2.45. The second kappa shape index (κ2) is 12.1. The summed E-state index contributed by atoms with van der Waals surface area (Å²) in [5.41, 5.74) is 5.01. The summed E-state index contributed by atoms with van der Waals surface area (Å²) in [5.74, 6) is 0.757. The lowest BCUT2D eigenvalue weighted by molar-refractivity contribution is -0.437. The Morgan fingerprint density at radius 1 is 0.837 bits per heavy atom. The number of hydrogen-bond acceptors (Lipinski definition) is 7. The third-order valence-corrected chi connectivity index (χ3v) is 9.88. The average molecular weight is 634 g/mol. The number of methoxy groups -OCH3 is 2. The summed E-state index contributed by atoms with van der Waals surface area (Å²) < 4.78 is 77.5. The molecule has 0 saturated carbocycles. The molecular formula is C31H41N2O8S2+. The lowest BCUT2D eigenvalue weighted by atomic mass is 9.81. The molecule has 0 bridgehead atoms. The molecule has 0 spiro atoms. The zero-order valence-electron chi connectivity index (χ0n) is 25.5. The molecule has 0 aromatic heterocycles. The van der Waals surface area contributed by atoms with Crippen LogP contribution in [0.3, 0.4) is 0 Å². The van der Waals surface area contributed by atoms with Crippen LogP contribution in [0, 0.1) is 0 Å². The monoisotopic (exact) mass is 633 g/mol. The van der Waals surface area contributed by atoms with Crippen LogP contribution >= 0.6 is 0 Å². The van der Waals surface area contributed by atoms with Crippen molar-refractivity contribution in [3.05, 3.63) is 71.5 Å². The fraction of sp³-hybridized carbons (Fsp3) is 0.452. The van der Waals surface area contributed by atoms with Gasteiger partial charge in [-0.1, -0.05) is 19.9 Å². The van der Waals surface area contributed by atoms with E-state index in [1.807, 2.05) is 54.6 Å². The van der Waals surface area contributed by atoms with Gasteiger partial charge in [0, 0.05) is 47.5 Å². The molecule has 10 nitrogen and oxygen atoms in total. The fourth-order valence-corrected chi connectivity index (χ4v) is 7.07. The Morgan fingerprint density at radius 2 is 1.42 bits per heavy atom. The van der Waals surface area contributed by atoms with Gasteiger partial charge in [0.2, 0.25) is 5.69 Å². The van der Waals surface area contributed by atoms with Crippen LogP contribution in [0.15, 0.2) is 60.3 Å². The molecule has 0 fully saturated rings. The maximum atomic E-state index is 11.4. The van der Waals surface area contributed by atoms with Gasteiger partial charge in [-0.2, -0.15) is 21.4 Å². The third-order valence-electron chi connectivity index (χ3n) is 8.27. The summed E-state index contributed by atoms with van der Waals surface area (Å²) in [7, 11) is -4.97. The zero-order chi connectivity index (χ0) is 31.8. The predicted molar refractivity (Wildman–Crippen MR) is 168 cm³/mol. The van der Waals surface area contributed by atoms with Gasteiger partial charge in [-0.3, -0.25) is 9.11 Å². The van der Waals surface area contributed by atoms with Crippen LogP contribution in [0.1, 0.15) is 51.7 Å². The van der Waals surface area contributed by atoms with Gasteiger partial charge in [-0.15, -0.1) is 0 Å². The zero-order valence-corrected chi connectivity index (χ0v) is 27.1. The first-order chi connectivity index (χ1) is 20.0. The van der Waals surface area contributed by atoms with E-state index in [9.17, 15) is 25.9 Å². The van der Waals surface area contributed by atoms with Crippen molar-refractivity contribution in [3.8, 4) is 11.5 Å².